The maximum absolute atomic E-state index is 14.5. The molecule has 9 rings (SSSR count). The average Bonchev–Trinajstić information content (AvgIpc) is 1.59. The van der Waals surface area contributed by atoms with Gasteiger partial charge in [0.2, 0.25) is 30.1 Å². The van der Waals surface area contributed by atoms with Crippen LogP contribution in [0.25, 0.3) is 0 Å². The van der Waals surface area contributed by atoms with Crippen molar-refractivity contribution in [2.45, 2.75) is 145 Å². The highest BCUT2D eigenvalue weighted by Gasteiger charge is 2.56. The first kappa shape index (κ1) is 67.7. The maximum atomic E-state index is 14.5. The Bertz CT molecular complexity index is 4070. The molecule has 0 saturated heterocycles. The molecule has 0 unspecified atom stereocenters. The van der Waals surface area contributed by atoms with Crippen molar-refractivity contribution in [1.29, 1.82) is 0 Å². The molecule has 6 aromatic rings. The first-order valence-electron chi connectivity index (χ1n) is 28.5. The summed E-state index contributed by atoms with van der Waals surface area (Å²) in [7, 11) is -6.47. The van der Waals surface area contributed by atoms with Gasteiger partial charge in [-0.25, -0.2) is 38.4 Å². The largest absolute Gasteiger partial charge is 0.396 e. The number of aryl methyl sites for hydroxylation is 5. The standard InChI is InChI=1S/C22H29FN2O5S.C21H27FN2O4S.C18H20FIN2O3S/c1-4-15-10-19(24-31(29,30)22(7-8-22)12-17(27)13-26)20(25(3)21(15)28)11-16-6-5-14(2)9-18(16)23;1-4-15-12-18(23-29(27,28)21(7-8-21)9-10-25)19(24(3)20(15)26)13-16-6-5-14(2)11-17(16)22;1-3-11-8-16(21-26(24,25)14-6-7-14)17(22(2)18(11)23)9-12-4-5-13(20)10-15(12)19/h5-6,9-10,17,24,26-27H,4,7-8,11-13H2,1-3H3;5-6,11-12,23,25H,4,7-10,13H2,1-3H3;4-5,8,10,14,21H,3,6-7,9H2,1-2H3/t17-;;/m0../s1. The number of hydrogen-bond donors (Lipinski definition) is 6. The number of rotatable bonds is 23. The molecule has 1 atom stereocenters. The number of benzene rings is 3. The summed E-state index contributed by atoms with van der Waals surface area (Å²) in [6.45, 7) is 8.29. The summed E-state index contributed by atoms with van der Waals surface area (Å²) in [6, 6.07) is 19.1. The Morgan fingerprint density at radius 2 is 0.919 bits per heavy atom. The molecule has 86 heavy (non-hydrogen) atoms. The van der Waals surface area contributed by atoms with Crippen LogP contribution in [0.15, 0.2) is 87.2 Å². The first-order chi connectivity index (χ1) is 40.4. The Morgan fingerprint density at radius 1 is 0.558 bits per heavy atom. The van der Waals surface area contributed by atoms with E-state index in [2.05, 4.69) is 14.2 Å². The van der Waals surface area contributed by atoms with E-state index in [4.69, 9.17) is 5.11 Å². The fourth-order valence-corrected chi connectivity index (χ4v) is 15.6. The van der Waals surface area contributed by atoms with Gasteiger partial charge < -0.3 is 29.0 Å². The molecule has 0 spiro atoms. The van der Waals surface area contributed by atoms with Gasteiger partial charge in [-0.1, -0.05) is 51.1 Å². The van der Waals surface area contributed by atoms with Crippen LogP contribution in [0.1, 0.15) is 134 Å². The van der Waals surface area contributed by atoms with Crippen LogP contribution in [0.2, 0.25) is 0 Å². The summed E-state index contributed by atoms with van der Waals surface area (Å²) in [5.74, 6) is -1.20. The Labute approximate surface area is 514 Å². The second-order valence-electron chi connectivity index (χ2n) is 22.6. The lowest BCUT2D eigenvalue weighted by Crippen LogP contribution is -2.35. The van der Waals surface area contributed by atoms with Crippen LogP contribution in [0.5, 0.6) is 0 Å². The van der Waals surface area contributed by atoms with Gasteiger partial charge in [0.15, 0.2) is 0 Å². The lowest BCUT2D eigenvalue weighted by molar-refractivity contribution is 0.0858. The molecular formula is C61H76F3IN6O12S3. The van der Waals surface area contributed by atoms with E-state index >= 15 is 0 Å². The molecule has 468 valence electrons. The van der Waals surface area contributed by atoms with Gasteiger partial charge in [-0.3, -0.25) is 28.5 Å². The molecule has 3 saturated carbocycles. The zero-order valence-electron chi connectivity index (χ0n) is 49.5. The number of nitrogens with one attached hydrogen (secondary N) is 3. The van der Waals surface area contributed by atoms with Crippen molar-refractivity contribution in [3.8, 4) is 0 Å². The van der Waals surface area contributed by atoms with Crippen LogP contribution in [-0.2, 0) is 89.7 Å². The van der Waals surface area contributed by atoms with Crippen LogP contribution in [0.3, 0.4) is 0 Å². The Kier molecular flexibility index (Phi) is 21.5. The summed E-state index contributed by atoms with van der Waals surface area (Å²) in [4.78, 5) is 37.8. The molecule has 25 heteroatoms. The van der Waals surface area contributed by atoms with E-state index in [1.807, 2.05) is 36.4 Å². The summed E-state index contributed by atoms with van der Waals surface area (Å²) in [6.07, 6.45) is 3.53. The van der Waals surface area contributed by atoms with Gasteiger partial charge in [0.05, 0.1) is 44.5 Å². The first-order valence-corrected chi connectivity index (χ1v) is 34.0. The molecule has 6 N–H and O–H groups in total. The average molecular weight is 1370 g/mol. The van der Waals surface area contributed by atoms with Crippen LogP contribution in [0.4, 0.5) is 30.2 Å². The third kappa shape index (κ3) is 15.3. The van der Waals surface area contributed by atoms with Crippen molar-refractivity contribution in [2.75, 3.05) is 27.4 Å². The van der Waals surface area contributed by atoms with Crippen molar-refractivity contribution in [3.63, 3.8) is 0 Å². The Balaban J connectivity index is 0.000000185. The van der Waals surface area contributed by atoms with Gasteiger partial charge in [0.1, 0.15) is 17.5 Å². The number of aliphatic hydroxyl groups is 3. The summed E-state index contributed by atoms with van der Waals surface area (Å²) >= 11 is 2.03. The molecule has 3 heterocycles. The Hall–Kier alpha value is -5.84. The summed E-state index contributed by atoms with van der Waals surface area (Å²) in [5, 5.41) is 27.8. The SMILES string of the molecule is CCc1cc(NS(=O)(=O)C2(CCO)CC2)c(Cc2ccc(C)cc2F)n(C)c1=O.CCc1cc(NS(=O)(=O)C2(C[C@H](O)CO)CC2)c(Cc2ccc(C)cc2F)n(C)c1=O.CCc1cc(NS(=O)(=O)C2CC2)c(Cc2ccc(I)cc2F)n(C)c1=O. The number of pyridine rings is 3. The lowest BCUT2D eigenvalue weighted by Gasteiger charge is -2.23. The highest BCUT2D eigenvalue weighted by molar-refractivity contribution is 14.1. The quantitative estimate of drug-likeness (QED) is 0.0335. The Morgan fingerprint density at radius 3 is 1.24 bits per heavy atom. The highest BCUT2D eigenvalue weighted by Crippen LogP contribution is 2.49. The minimum absolute atomic E-state index is 0.0337. The molecule has 3 aromatic carbocycles. The highest BCUT2D eigenvalue weighted by atomic mass is 127. The van der Waals surface area contributed by atoms with Crippen molar-refractivity contribution < 1.29 is 53.7 Å². The summed E-state index contributed by atoms with van der Waals surface area (Å²) in [5.41, 5.74) is 5.52. The smallest absolute Gasteiger partial charge is 0.253 e. The number of aliphatic hydroxyl groups excluding tert-OH is 3. The maximum Gasteiger partial charge on any atom is 0.253 e. The number of halogens is 4. The predicted octanol–water partition coefficient (Wildman–Crippen LogP) is 7.83. The molecule has 3 aliphatic rings. The van der Waals surface area contributed by atoms with Crippen molar-refractivity contribution in [2.24, 2.45) is 21.1 Å². The van der Waals surface area contributed by atoms with Gasteiger partial charge >= 0.3 is 0 Å². The van der Waals surface area contributed by atoms with Crippen LogP contribution >= 0.6 is 22.6 Å². The number of hydrogen-bond acceptors (Lipinski definition) is 12. The number of nitrogens with zero attached hydrogens (tertiary/aromatic N) is 3. The predicted molar refractivity (Wildman–Crippen MR) is 337 cm³/mol. The molecule has 18 nitrogen and oxygen atoms in total. The molecule has 0 aliphatic heterocycles. The van der Waals surface area contributed by atoms with Crippen LogP contribution in [0, 0.1) is 34.9 Å². The molecule has 0 radical (unpaired) electrons. The van der Waals surface area contributed by atoms with E-state index in [1.165, 1.54) is 38.0 Å². The van der Waals surface area contributed by atoms with Crippen molar-refractivity contribution in [1.82, 2.24) is 13.7 Å². The van der Waals surface area contributed by atoms with Gasteiger partial charge in [0.25, 0.3) is 16.7 Å². The van der Waals surface area contributed by atoms with Gasteiger partial charge in [0, 0.05) is 84.4 Å². The zero-order valence-corrected chi connectivity index (χ0v) is 54.1. The van der Waals surface area contributed by atoms with Crippen LogP contribution < -0.4 is 30.8 Å². The topological polar surface area (TPSA) is 265 Å². The van der Waals surface area contributed by atoms with E-state index in [9.17, 15) is 63.0 Å². The molecule has 3 aromatic heterocycles. The van der Waals surface area contributed by atoms with Crippen LogP contribution in [-0.4, -0.2) is 88.3 Å². The molecule has 3 fully saturated rings. The lowest BCUT2D eigenvalue weighted by atomic mass is 10.0. The van der Waals surface area contributed by atoms with Gasteiger partial charge in [-0.2, -0.15) is 0 Å². The van der Waals surface area contributed by atoms with Crippen molar-refractivity contribution >= 4 is 69.7 Å². The van der Waals surface area contributed by atoms with E-state index in [-0.39, 0.29) is 77.8 Å². The zero-order chi connectivity index (χ0) is 63.4. The molecule has 3 aliphatic carbocycles. The third-order valence-corrected chi connectivity index (χ3v) is 23.3. The third-order valence-electron chi connectivity index (χ3n) is 16.3. The fourth-order valence-electron chi connectivity index (χ4n) is 10.3. The minimum atomic E-state index is -3.92. The number of aromatic nitrogens is 3. The number of anilines is 3. The van der Waals surface area contributed by atoms with Crippen molar-refractivity contribution in [3.05, 3.63) is 186 Å². The van der Waals surface area contributed by atoms with E-state index < -0.39 is 63.9 Å². The number of sulfonamides is 3. The second kappa shape index (κ2) is 27.3. The molecule has 0 bridgehead atoms. The van der Waals surface area contributed by atoms with Gasteiger partial charge in [-0.05, 0) is 177 Å². The van der Waals surface area contributed by atoms with E-state index in [1.54, 1.807) is 90.4 Å². The molecule has 0 amide bonds. The van der Waals surface area contributed by atoms with E-state index in [0.29, 0.717) is 114 Å². The van der Waals surface area contributed by atoms with Gasteiger partial charge in [-0.15, -0.1) is 0 Å². The monoisotopic (exact) mass is 1360 g/mol. The molecular weight excluding hydrogens is 1290 g/mol. The summed E-state index contributed by atoms with van der Waals surface area (Å²) < 4.78 is 131. The minimum Gasteiger partial charge on any atom is -0.396 e. The van der Waals surface area contributed by atoms with E-state index in [0.717, 1.165) is 14.7 Å². The fraction of sp³-hybridized carbons (Fsp3) is 0.459. The normalized spacial score (nSPS) is 15.4. The second-order valence-corrected chi connectivity index (χ2v) is 30.0.